The van der Waals surface area contributed by atoms with E-state index in [1.165, 1.54) is 5.38 Å². The van der Waals surface area contributed by atoms with E-state index >= 15 is 0 Å². The summed E-state index contributed by atoms with van der Waals surface area (Å²) in [6, 6.07) is 7.29. The van der Waals surface area contributed by atoms with Gasteiger partial charge in [0.2, 0.25) is 5.82 Å². The Bertz CT molecular complexity index is 1120. The lowest BCUT2D eigenvalue weighted by Crippen LogP contribution is -2.18. The smallest absolute Gasteiger partial charge is 0.339 e. The third-order valence-electron chi connectivity index (χ3n) is 3.96. The van der Waals surface area contributed by atoms with Crippen LogP contribution in [0.5, 0.6) is 5.75 Å². The van der Waals surface area contributed by atoms with Crippen molar-refractivity contribution in [2.45, 2.75) is 0 Å². The summed E-state index contributed by atoms with van der Waals surface area (Å²) in [5.41, 5.74) is -0.555. The van der Waals surface area contributed by atoms with E-state index in [1.807, 2.05) is 0 Å². The second-order valence-corrected chi connectivity index (χ2v) is 7.48. The highest BCUT2D eigenvalue weighted by atomic mass is 79.9. The van der Waals surface area contributed by atoms with Gasteiger partial charge in [0.25, 0.3) is 5.91 Å². The quantitative estimate of drug-likeness (QED) is 0.464. The number of methoxy groups -OCH3 is 1. The molecule has 0 fully saturated rings. The van der Waals surface area contributed by atoms with Crippen LogP contribution < -0.4 is 10.1 Å². The van der Waals surface area contributed by atoms with E-state index in [9.17, 15) is 27.9 Å². The zero-order valence-corrected chi connectivity index (χ0v) is 17.0. The van der Waals surface area contributed by atoms with Gasteiger partial charge in [-0.3, -0.25) is 4.79 Å². The number of benzene rings is 2. The lowest BCUT2D eigenvalue weighted by Gasteiger charge is -2.10. The SMILES string of the molecule is COc1cc(F)c(C(=O)Nc2scc(-c3ccc(Br)cc3)c2C(=O)O)c(F)c1F. The molecule has 2 aromatic carbocycles. The number of nitrogens with one attached hydrogen (secondary N) is 1. The number of aromatic carboxylic acids is 1. The van der Waals surface area contributed by atoms with Gasteiger partial charge >= 0.3 is 5.97 Å². The number of halogens is 4. The summed E-state index contributed by atoms with van der Waals surface area (Å²) in [4.78, 5) is 24.1. The van der Waals surface area contributed by atoms with Gasteiger partial charge in [-0.1, -0.05) is 28.1 Å². The molecule has 0 bridgehead atoms. The van der Waals surface area contributed by atoms with Crippen LogP contribution in [-0.4, -0.2) is 24.1 Å². The van der Waals surface area contributed by atoms with Crippen LogP contribution in [0.4, 0.5) is 18.2 Å². The first kappa shape index (κ1) is 20.9. The molecule has 1 aromatic heterocycles. The number of carboxylic acids is 1. The van der Waals surface area contributed by atoms with Crippen molar-refractivity contribution in [2.24, 2.45) is 0 Å². The van der Waals surface area contributed by atoms with Crippen molar-refractivity contribution in [3.05, 3.63) is 68.8 Å². The summed E-state index contributed by atoms with van der Waals surface area (Å²) in [5.74, 6) is -7.98. The fourth-order valence-corrected chi connectivity index (χ4v) is 3.82. The molecule has 0 spiro atoms. The first-order valence-corrected chi connectivity index (χ1v) is 9.55. The zero-order valence-electron chi connectivity index (χ0n) is 14.6. The van der Waals surface area contributed by atoms with Gasteiger partial charge in [0.1, 0.15) is 21.9 Å². The zero-order chi connectivity index (χ0) is 21.3. The van der Waals surface area contributed by atoms with E-state index in [1.54, 1.807) is 24.3 Å². The summed E-state index contributed by atoms with van der Waals surface area (Å²) in [5, 5.41) is 13.1. The van der Waals surface area contributed by atoms with Gasteiger partial charge in [-0.2, -0.15) is 4.39 Å². The number of thiophene rings is 1. The minimum absolute atomic E-state index is 0.143. The summed E-state index contributed by atoms with van der Waals surface area (Å²) < 4.78 is 47.4. The molecule has 10 heteroatoms. The fourth-order valence-electron chi connectivity index (χ4n) is 2.60. The van der Waals surface area contributed by atoms with Gasteiger partial charge in [-0.15, -0.1) is 11.3 Å². The van der Waals surface area contributed by atoms with Crippen molar-refractivity contribution in [3.8, 4) is 16.9 Å². The highest BCUT2D eigenvalue weighted by molar-refractivity contribution is 9.10. The minimum atomic E-state index is -1.74. The number of rotatable bonds is 5. The molecule has 0 aliphatic heterocycles. The van der Waals surface area contributed by atoms with Crippen molar-refractivity contribution in [1.82, 2.24) is 0 Å². The molecule has 3 rings (SSSR count). The predicted molar refractivity (Wildman–Crippen MR) is 105 cm³/mol. The number of carboxylic acid groups (broad SMARTS) is 1. The highest BCUT2D eigenvalue weighted by Gasteiger charge is 2.27. The fraction of sp³-hybridized carbons (Fsp3) is 0.0526. The second-order valence-electron chi connectivity index (χ2n) is 5.68. The molecule has 2 N–H and O–H groups in total. The largest absolute Gasteiger partial charge is 0.493 e. The van der Waals surface area contributed by atoms with Gasteiger partial charge in [0.05, 0.1) is 7.11 Å². The first-order valence-electron chi connectivity index (χ1n) is 7.88. The normalized spacial score (nSPS) is 10.7. The van der Waals surface area contributed by atoms with E-state index in [-0.39, 0.29) is 10.6 Å². The molecule has 0 aliphatic carbocycles. The maximum atomic E-state index is 14.2. The Labute approximate surface area is 174 Å². The summed E-state index contributed by atoms with van der Waals surface area (Å²) >= 11 is 4.14. The number of carbonyl (C=O) groups excluding carboxylic acids is 1. The molecule has 3 aromatic rings. The minimum Gasteiger partial charge on any atom is -0.493 e. The molecule has 5 nitrogen and oxygen atoms in total. The lowest BCUT2D eigenvalue weighted by molar-refractivity contribution is 0.0699. The van der Waals surface area contributed by atoms with Crippen molar-refractivity contribution in [1.29, 1.82) is 0 Å². The predicted octanol–water partition coefficient (Wildman–Crippen LogP) is 5.55. The highest BCUT2D eigenvalue weighted by Crippen LogP contribution is 2.37. The third-order valence-corrected chi connectivity index (χ3v) is 5.38. The van der Waals surface area contributed by atoms with Crippen LogP contribution in [-0.2, 0) is 0 Å². The monoisotopic (exact) mass is 485 g/mol. The molecule has 0 radical (unpaired) electrons. The van der Waals surface area contributed by atoms with Crippen molar-refractivity contribution < 1.29 is 32.6 Å². The molecular weight excluding hydrogens is 475 g/mol. The number of carbonyl (C=O) groups is 2. The Morgan fingerprint density at radius 2 is 1.76 bits per heavy atom. The Hall–Kier alpha value is -2.85. The topological polar surface area (TPSA) is 75.6 Å². The van der Waals surface area contributed by atoms with Crippen molar-refractivity contribution >= 4 is 44.1 Å². The maximum Gasteiger partial charge on any atom is 0.339 e. The molecule has 0 unspecified atom stereocenters. The Kier molecular flexibility index (Phi) is 5.94. The van der Waals surface area contributed by atoms with E-state index in [2.05, 4.69) is 26.0 Å². The molecule has 1 amide bonds. The number of hydrogen-bond donors (Lipinski definition) is 2. The average molecular weight is 486 g/mol. The van der Waals surface area contributed by atoms with Crippen LogP contribution in [0.15, 0.2) is 40.2 Å². The van der Waals surface area contributed by atoms with Crippen LogP contribution in [0.1, 0.15) is 20.7 Å². The molecule has 1 heterocycles. The number of amides is 1. The Morgan fingerprint density at radius 1 is 1.10 bits per heavy atom. The summed E-state index contributed by atoms with van der Waals surface area (Å²) in [6.45, 7) is 0. The lowest BCUT2D eigenvalue weighted by atomic mass is 10.0. The molecule has 0 saturated heterocycles. The van der Waals surface area contributed by atoms with Crippen LogP contribution in [0, 0.1) is 17.5 Å². The van der Waals surface area contributed by atoms with Gasteiger partial charge < -0.3 is 15.2 Å². The number of anilines is 1. The molecule has 0 saturated carbocycles. The van der Waals surface area contributed by atoms with Crippen LogP contribution in [0.25, 0.3) is 11.1 Å². The Balaban J connectivity index is 2.01. The maximum absolute atomic E-state index is 14.2. The van der Waals surface area contributed by atoms with Gasteiger partial charge in [0.15, 0.2) is 11.6 Å². The van der Waals surface area contributed by atoms with E-state index in [0.717, 1.165) is 22.9 Å². The van der Waals surface area contributed by atoms with Gasteiger partial charge in [0, 0.05) is 21.5 Å². The molecule has 0 atom stereocenters. The van der Waals surface area contributed by atoms with Gasteiger partial charge in [-0.25, -0.2) is 13.6 Å². The average Bonchev–Trinajstić information content (AvgIpc) is 3.09. The standard InChI is InChI=1S/C19H11BrF3NO4S/c1-28-12-6-11(21)14(16(23)15(12)22)17(25)24-18-13(19(26)27)10(7-29-18)8-2-4-9(20)5-3-8/h2-7H,1H3,(H,24,25)(H,26,27). The van der Waals surface area contributed by atoms with Gasteiger partial charge in [-0.05, 0) is 17.7 Å². The van der Waals surface area contributed by atoms with Crippen LogP contribution >= 0.6 is 27.3 Å². The second kappa shape index (κ2) is 8.26. The first-order chi connectivity index (χ1) is 13.7. The molecular formula is C19H11BrF3NO4S. The summed E-state index contributed by atoms with van der Waals surface area (Å²) in [6.07, 6.45) is 0. The molecule has 0 aliphatic rings. The number of hydrogen-bond acceptors (Lipinski definition) is 4. The molecule has 29 heavy (non-hydrogen) atoms. The summed E-state index contributed by atoms with van der Waals surface area (Å²) in [7, 11) is 1.02. The van der Waals surface area contributed by atoms with Crippen LogP contribution in [0.3, 0.4) is 0 Å². The molecule has 150 valence electrons. The van der Waals surface area contributed by atoms with Crippen molar-refractivity contribution in [3.63, 3.8) is 0 Å². The third kappa shape index (κ3) is 3.99. The number of ether oxygens (including phenoxy) is 1. The van der Waals surface area contributed by atoms with E-state index in [4.69, 9.17) is 0 Å². The van der Waals surface area contributed by atoms with Crippen LogP contribution in [0.2, 0.25) is 0 Å². The van der Waals surface area contributed by atoms with E-state index < -0.39 is 40.6 Å². The Morgan fingerprint density at radius 3 is 2.34 bits per heavy atom. The van der Waals surface area contributed by atoms with Crippen molar-refractivity contribution in [2.75, 3.05) is 12.4 Å². The van der Waals surface area contributed by atoms with E-state index in [0.29, 0.717) is 17.2 Å².